The van der Waals surface area contributed by atoms with Crippen molar-refractivity contribution in [1.82, 2.24) is 4.90 Å². The normalized spacial score (nSPS) is 10.8. The summed E-state index contributed by atoms with van der Waals surface area (Å²) in [6.07, 6.45) is 1.72. The minimum atomic E-state index is -0.574. The summed E-state index contributed by atoms with van der Waals surface area (Å²) in [5.74, 6) is -0.249. The van der Waals surface area contributed by atoms with Crippen LogP contribution in [0.1, 0.15) is 37.0 Å². The van der Waals surface area contributed by atoms with Gasteiger partial charge in [-0.1, -0.05) is 13.8 Å². The zero-order valence-corrected chi connectivity index (χ0v) is 14.3. The first kappa shape index (κ1) is 17.1. The van der Waals surface area contributed by atoms with Crippen molar-refractivity contribution in [1.29, 1.82) is 0 Å². The van der Waals surface area contributed by atoms with Gasteiger partial charge in [-0.15, -0.1) is 0 Å². The van der Waals surface area contributed by atoms with Crippen molar-refractivity contribution in [3.05, 3.63) is 40.2 Å². The Morgan fingerprint density at radius 1 is 1.09 bits per heavy atom. The number of hydrogen-bond acceptors (Lipinski definition) is 4. The van der Waals surface area contributed by atoms with Gasteiger partial charge in [0.2, 0.25) is 0 Å². The van der Waals surface area contributed by atoms with Crippen LogP contribution in [-0.4, -0.2) is 38.0 Å². The van der Waals surface area contributed by atoms with Crippen molar-refractivity contribution in [2.24, 2.45) is 0 Å². The number of rotatable bonds is 6. The Morgan fingerprint density at radius 3 is 2.30 bits per heavy atom. The molecule has 1 heterocycles. The SMILES string of the molecule is CCCN(CCC)C(=O)c1cc2ccc(N(C)C)cc2oc1=O. The van der Waals surface area contributed by atoms with E-state index < -0.39 is 5.63 Å². The molecule has 124 valence electrons. The number of anilines is 1. The van der Waals surface area contributed by atoms with Gasteiger partial charge in [-0.3, -0.25) is 4.79 Å². The number of benzene rings is 1. The van der Waals surface area contributed by atoms with Gasteiger partial charge < -0.3 is 14.2 Å². The molecule has 5 heteroatoms. The predicted molar refractivity (Wildman–Crippen MR) is 93.3 cm³/mol. The minimum absolute atomic E-state index is 0.108. The monoisotopic (exact) mass is 316 g/mol. The summed E-state index contributed by atoms with van der Waals surface area (Å²) in [5.41, 5.74) is 0.973. The maximum Gasteiger partial charge on any atom is 0.349 e. The Labute approximate surface area is 136 Å². The summed E-state index contributed by atoms with van der Waals surface area (Å²) in [7, 11) is 3.84. The largest absolute Gasteiger partial charge is 0.422 e. The standard InChI is InChI=1S/C18H24N2O3/c1-5-9-20(10-6-2)17(21)15-11-13-7-8-14(19(3)4)12-16(13)23-18(15)22/h7-8,11-12H,5-6,9-10H2,1-4H3. The van der Waals surface area contributed by atoms with Crippen LogP contribution in [-0.2, 0) is 0 Å². The molecular weight excluding hydrogens is 292 g/mol. The summed E-state index contributed by atoms with van der Waals surface area (Å²) < 4.78 is 5.38. The highest BCUT2D eigenvalue weighted by Gasteiger charge is 2.19. The summed E-state index contributed by atoms with van der Waals surface area (Å²) in [5, 5.41) is 0.756. The van der Waals surface area contributed by atoms with Crippen molar-refractivity contribution in [3.8, 4) is 0 Å². The van der Waals surface area contributed by atoms with E-state index in [1.54, 1.807) is 17.0 Å². The van der Waals surface area contributed by atoms with Gasteiger partial charge >= 0.3 is 5.63 Å². The molecule has 0 saturated heterocycles. The molecule has 1 aromatic carbocycles. The van der Waals surface area contributed by atoms with E-state index in [1.807, 2.05) is 45.0 Å². The van der Waals surface area contributed by atoms with E-state index in [4.69, 9.17) is 4.42 Å². The van der Waals surface area contributed by atoms with Crippen LogP contribution in [0.4, 0.5) is 5.69 Å². The highest BCUT2D eigenvalue weighted by molar-refractivity contribution is 5.97. The van der Waals surface area contributed by atoms with Crippen molar-refractivity contribution >= 4 is 22.6 Å². The predicted octanol–water partition coefficient (Wildman–Crippen LogP) is 3.12. The van der Waals surface area contributed by atoms with Gasteiger partial charge in [0.1, 0.15) is 11.1 Å². The van der Waals surface area contributed by atoms with Crippen molar-refractivity contribution < 1.29 is 9.21 Å². The van der Waals surface area contributed by atoms with Gasteiger partial charge in [0, 0.05) is 44.3 Å². The fourth-order valence-corrected chi connectivity index (χ4v) is 2.55. The molecule has 1 amide bonds. The van der Waals surface area contributed by atoms with Crippen LogP contribution in [0.15, 0.2) is 33.5 Å². The highest BCUT2D eigenvalue weighted by atomic mass is 16.4. The molecule has 5 nitrogen and oxygen atoms in total. The van der Waals surface area contributed by atoms with E-state index in [1.165, 1.54) is 0 Å². The molecule has 0 saturated carbocycles. The fraction of sp³-hybridized carbons (Fsp3) is 0.444. The van der Waals surface area contributed by atoms with E-state index in [0.29, 0.717) is 18.7 Å². The van der Waals surface area contributed by atoms with Crippen LogP contribution >= 0.6 is 0 Å². The molecule has 23 heavy (non-hydrogen) atoms. The molecule has 1 aromatic heterocycles. The van der Waals surface area contributed by atoms with E-state index in [9.17, 15) is 9.59 Å². The Balaban J connectivity index is 2.45. The molecule has 0 fully saturated rings. The molecular formula is C18H24N2O3. The lowest BCUT2D eigenvalue weighted by molar-refractivity contribution is 0.0751. The summed E-state index contributed by atoms with van der Waals surface area (Å²) in [4.78, 5) is 28.5. The number of carbonyl (C=O) groups excluding carboxylic acids is 1. The second-order valence-electron chi connectivity index (χ2n) is 5.86. The Kier molecular flexibility index (Phi) is 5.42. The van der Waals surface area contributed by atoms with Crippen LogP contribution in [0.5, 0.6) is 0 Å². The topological polar surface area (TPSA) is 53.8 Å². The molecule has 0 atom stereocenters. The Hall–Kier alpha value is -2.30. The smallest absolute Gasteiger partial charge is 0.349 e. The third kappa shape index (κ3) is 3.73. The molecule has 2 rings (SSSR count). The average molecular weight is 316 g/mol. The maximum absolute atomic E-state index is 12.6. The number of fused-ring (bicyclic) bond motifs is 1. The molecule has 0 unspecified atom stereocenters. The number of amides is 1. The van der Waals surface area contributed by atoms with Gasteiger partial charge in [0.05, 0.1) is 0 Å². The van der Waals surface area contributed by atoms with E-state index in [0.717, 1.165) is 23.9 Å². The molecule has 0 bridgehead atoms. The zero-order valence-electron chi connectivity index (χ0n) is 14.3. The quantitative estimate of drug-likeness (QED) is 0.768. The van der Waals surface area contributed by atoms with Gasteiger partial charge in [-0.25, -0.2) is 4.79 Å². The molecule has 2 aromatic rings. The van der Waals surface area contributed by atoms with Crippen LogP contribution in [0.25, 0.3) is 11.0 Å². The van der Waals surface area contributed by atoms with Crippen molar-refractivity contribution in [3.63, 3.8) is 0 Å². The lowest BCUT2D eigenvalue weighted by Crippen LogP contribution is -2.35. The Morgan fingerprint density at radius 2 is 1.74 bits per heavy atom. The Bertz CT molecular complexity index is 744. The van der Waals surface area contributed by atoms with Crippen molar-refractivity contribution in [2.75, 3.05) is 32.1 Å². The first-order valence-corrected chi connectivity index (χ1v) is 8.02. The van der Waals surface area contributed by atoms with Gasteiger partial charge in [-0.2, -0.15) is 0 Å². The first-order valence-electron chi connectivity index (χ1n) is 8.02. The summed E-state index contributed by atoms with van der Waals surface area (Å²) in [6.45, 7) is 5.32. The van der Waals surface area contributed by atoms with Crippen LogP contribution in [0, 0.1) is 0 Å². The number of hydrogen-bond donors (Lipinski definition) is 0. The molecule has 0 radical (unpaired) electrons. The molecule has 0 spiro atoms. The molecule has 0 aliphatic carbocycles. The molecule has 0 aliphatic heterocycles. The van der Waals surface area contributed by atoms with Crippen LogP contribution < -0.4 is 10.5 Å². The lowest BCUT2D eigenvalue weighted by atomic mass is 10.1. The van der Waals surface area contributed by atoms with E-state index in [2.05, 4.69) is 0 Å². The zero-order chi connectivity index (χ0) is 17.0. The highest BCUT2D eigenvalue weighted by Crippen LogP contribution is 2.21. The van der Waals surface area contributed by atoms with Gasteiger partial charge in [0.15, 0.2) is 0 Å². The second-order valence-corrected chi connectivity index (χ2v) is 5.86. The summed E-state index contributed by atoms with van der Waals surface area (Å²) >= 11 is 0. The lowest BCUT2D eigenvalue weighted by Gasteiger charge is -2.21. The number of carbonyl (C=O) groups is 1. The fourth-order valence-electron chi connectivity index (χ4n) is 2.55. The third-order valence-corrected chi connectivity index (χ3v) is 3.74. The average Bonchev–Trinajstić information content (AvgIpc) is 2.52. The minimum Gasteiger partial charge on any atom is -0.422 e. The van der Waals surface area contributed by atoms with Crippen LogP contribution in [0.2, 0.25) is 0 Å². The third-order valence-electron chi connectivity index (χ3n) is 3.74. The molecule has 0 aliphatic rings. The van der Waals surface area contributed by atoms with Crippen molar-refractivity contribution in [2.45, 2.75) is 26.7 Å². The van der Waals surface area contributed by atoms with Gasteiger partial charge in [0.25, 0.3) is 5.91 Å². The van der Waals surface area contributed by atoms with E-state index in [-0.39, 0.29) is 11.5 Å². The van der Waals surface area contributed by atoms with Gasteiger partial charge in [-0.05, 0) is 31.0 Å². The summed E-state index contributed by atoms with van der Waals surface area (Å²) in [6, 6.07) is 7.25. The van der Waals surface area contributed by atoms with E-state index >= 15 is 0 Å². The molecule has 0 N–H and O–H groups in total. The first-order chi connectivity index (χ1) is 11.0. The second kappa shape index (κ2) is 7.31. The maximum atomic E-state index is 12.6. The number of nitrogens with zero attached hydrogens (tertiary/aromatic N) is 2. The van der Waals surface area contributed by atoms with Crippen LogP contribution in [0.3, 0.4) is 0 Å².